The van der Waals surface area contributed by atoms with Gasteiger partial charge in [-0.25, -0.2) is 9.59 Å². The molecular weight excluding hydrogens is 224 g/mol. The normalized spacial score (nSPS) is 25.3. The lowest BCUT2D eigenvalue weighted by Crippen LogP contribution is -2.47. The zero-order chi connectivity index (χ0) is 12.8. The SMILES string of the molecule is CCC(NC(=O)NCC1CCOC1C)C(=O)O. The van der Waals surface area contributed by atoms with Crippen LogP contribution < -0.4 is 10.6 Å². The Kier molecular flexibility index (Phi) is 5.21. The molecule has 98 valence electrons. The van der Waals surface area contributed by atoms with Gasteiger partial charge in [0.25, 0.3) is 0 Å². The van der Waals surface area contributed by atoms with Crippen LogP contribution in [-0.4, -0.2) is 42.4 Å². The number of aliphatic carboxylic acids is 1. The number of amides is 2. The molecule has 0 aromatic heterocycles. The maximum Gasteiger partial charge on any atom is 0.326 e. The predicted octanol–water partition coefficient (Wildman–Crippen LogP) is 0.574. The van der Waals surface area contributed by atoms with Gasteiger partial charge in [-0.1, -0.05) is 6.92 Å². The van der Waals surface area contributed by atoms with Crippen molar-refractivity contribution >= 4 is 12.0 Å². The second-order valence-electron chi connectivity index (χ2n) is 4.28. The van der Waals surface area contributed by atoms with Crippen molar-refractivity contribution in [3.05, 3.63) is 0 Å². The van der Waals surface area contributed by atoms with Gasteiger partial charge in [0.05, 0.1) is 6.10 Å². The van der Waals surface area contributed by atoms with E-state index >= 15 is 0 Å². The zero-order valence-electron chi connectivity index (χ0n) is 10.2. The molecule has 0 aromatic carbocycles. The number of rotatable bonds is 5. The summed E-state index contributed by atoms with van der Waals surface area (Å²) in [6.07, 6.45) is 1.44. The third-order valence-corrected chi connectivity index (χ3v) is 3.07. The quantitative estimate of drug-likeness (QED) is 0.660. The van der Waals surface area contributed by atoms with Gasteiger partial charge in [0.2, 0.25) is 0 Å². The van der Waals surface area contributed by atoms with Crippen molar-refractivity contribution in [1.82, 2.24) is 10.6 Å². The fraction of sp³-hybridized carbons (Fsp3) is 0.818. The van der Waals surface area contributed by atoms with Crippen molar-refractivity contribution < 1.29 is 19.4 Å². The minimum atomic E-state index is -1.01. The van der Waals surface area contributed by atoms with E-state index in [1.165, 1.54) is 0 Å². The third kappa shape index (κ3) is 4.22. The first kappa shape index (κ1) is 13.8. The molecular formula is C11H20N2O4. The number of hydrogen-bond donors (Lipinski definition) is 3. The Hall–Kier alpha value is -1.30. The van der Waals surface area contributed by atoms with E-state index in [9.17, 15) is 9.59 Å². The molecule has 0 aromatic rings. The van der Waals surface area contributed by atoms with Gasteiger partial charge in [0.15, 0.2) is 0 Å². The summed E-state index contributed by atoms with van der Waals surface area (Å²) >= 11 is 0. The zero-order valence-corrected chi connectivity index (χ0v) is 10.2. The molecule has 1 rings (SSSR count). The summed E-state index contributed by atoms with van der Waals surface area (Å²) in [4.78, 5) is 22.2. The van der Waals surface area contributed by atoms with E-state index in [4.69, 9.17) is 9.84 Å². The van der Waals surface area contributed by atoms with Crippen LogP contribution >= 0.6 is 0 Å². The lowest BCUT2D eigenvalue weighted by atomic mass is 10.0. The van der Waals surface area contributed by atoms with Crippen LogP contribution in [0.25, 0.3) is 0 Å². The van der Waals surface area contributed by atoms with Gasteiger partial charge in [-0.2, -0.15) is 0 Å². The highest BCUT2D eigenvalue weighted by molar-refractivity contribution is 5.82. The Labute approximate surface area is 101 Å². The average Bonchev–Trinajstić information content (AvgIpc) is 2.68. The minimum Gasteiger partial charge on any atom is -0.480 e. The lowest BCUT2D eigenvalue weighted by molar-refractivity contribution is -0.139. The van der Waals surface area contributed by atoms with Crippen LogP contribution in [0.5, 0.6) is 0 Å². The molecule has 6 nitrogen and oxygen atoms in total. The van der Waals surface area contributed by atoms with E-state index in [0.29, 0.717) is 18.9 Å². The fourth-order valence-electron chi connectivity index (χ4n) is 1.82. The van der Waals surface area contributed by atoms with Crippen LogP contribution in [0.2, 0.25) is 0 Å². The van der Waals surface area contributed by atoms with Crippen LogP contribution in [0.3, 0.4) is 0 Å². The third-order valence-electron chi connectivity index (χ3n) is 3.07. The molecule has 0 aliphatic carbocycles. The molecule has 2 amide bonds. The van der Waals surface area contributed by atoms with Crippen LogP contribution in [0, 0.1) is 5.92 Å². The number of nitrogens with one attached hydrogen (secondary N) is 2. The Morgan fingerprint density at radius 3 is 2.71 bits per heavy atom. The van der Waals surface area contributed by atoms with E-state index < -0.39 is 18.0 Å². The molecule has 1 aliphatic heterocycles. The van der Waals surface area contributed by atoms with Crippen LogP contribution in [-0.2, 0) is 9.53 Å². The lowest BCUT2D eigenvalue weighted by Gasteiger charge is -2.17. The minimum absolute atomic E-state index is 0.150. The second kappa shape index (κ2) is 6.44. The van der Waals surface area contributed by atoms with E-state index in [-0.39, 0.29) is 6.10 Å². The van der Waals surface area contributed by atoms with Gasteiger partial charge in [0, 0.05) is 19.1 Å². The molecule has 0 bridgehead atoms. The van der Waals surface area contributed by atoms with Gasteiger partial charge < -0.3 is 20.5 Å². The van der Waals surface area contributed by atoms with Crippen molar-refractivity contribution in [3.63, 3.8) is 0 Å². The topological polar surface area (TPSA) is 87.7 Å². The van der Waals surface area contributed by atoms with E-state index in [0.717, 1.165) is 13.0 Å². The van der Waals surface area contributed by atoms with Crippen molar-refractivity contribution in [2.24, 2.45) is 5.92 Å². The summed E-state index contributed by atoms with van der Waals surface area (Å²) < 4.78 is 5.37. The Balaban J connectivity index is 2.27. The monoisotopic (exact) mass is 244 g/mol. The Morgan fingerprint density at radius 2 is 2.24 bits per heavy atom. The Morgan fingerprint density at radius 1 is 1.53 bits per heavy atom. The first-order valence-electron chi connectivity index (χ1n) is 5.93. The van der Waals surface area contributed by atoms with Gasteiger partial charge in [-0.15, -0.1) is 0 Å². The van der Waals surface area contributed by atoms with Crippen LogP contribution in [0.15, 0.2) is 0 Å². The number of carbonyl (C=O) groups is 2. The number of ether oxygens (including phenoxy) is 1. The van der Waals surface area contributed by atoms with Crippen LogP contribution in [0.4, 0.5) is 4.79 Å². The van der Waals surface area contributed by atoms with Gasteiger partial charge in [0.1, 0.15) is 6.04 Å². The van der Waals surface area contributed by atoms with Gasteiger partial charge >= 0.3 is 12.0 Å². The maximum absolute atomic E-state index is 11.5. The summed E-state index contributed by atoms with van der Waals surface area (Å²) in [6.45, 7) is 4.93. The number of urea groups is 1. The van der Waals surface area contributed by atoms with E-state index in [1.807, 2.05) is 6.92 Å². The highest BCUT2D eigenvalue weighted by Crippen LogP contribution is 2.19. The Bertz CT molecular complexity index is 283. The van der Waals surface area contributed by atoms with Crippen molar-refractivity contribution in [2.45, 2.75) is 38.8 Å². The maximum atomic E-state index is 11.5. The summed E-state index contributed by atoms with van der Waals surface area (Å²) in [5.41, 5.74) is 0. The summed E-state index contributed by atoms with van der Waals surface area (Å²) in [5.74, 6) is -0.703. The first-order chi connectivity index (χ1) is 8.04. The molecule has 17 heavy (non-hydrogen) atoms. The number of carboxylic acids is 1. The van der Waals surface area contributed by atoms with E-state index in [1.54, 1.807) is 6.92 Å². The van der Waals surface area contributed by atoms with Crippen molar-refractivity contribution in [1.29, 1.82) is 0 Å². The number of carbonyl (C=O) groups excluding carboxylic acids is 1. The molecule has 1 heterocycles. The number of carboxylic acid groups (broad SMARTS) is 1. The summed E-state index contributed by atoms with van der Waals surface area (Å²) in [7, 11) is 0. The summed E-state index contributed by atoms with van der Waals surface area (Å²) in [5, 5.41) is 13.9. The van der Waals surface area contributed by atoms with Crippen molar-refractivity contribution in [2.75, 3.05) is 13.2 Å². The highest BCUT2D eigenvalue weighted by atomic mass is 16.5. The smallest absolute Gasteiger partial charge is 0.326 e. The standard InChI is InChI=1S/C11H20N2O4/c1-3-9(10(14)15)13-11(16)12-6-8-4-5-17-7(8)2/h7-9H,3-6H2,1-2H3,(H,14,15)(H2,12,13,16). The molecule has 3 N–H and O–H groups in total. The summed E-state index contributed by atoms with van der Waals surface area (Å²) in [6, 6.07) is -1.26. The molecule has 0 radical (unpaired) electrons. The molecule has 0 saturated carbocycles. The average molecular weight is 244 g/mol. The number of hydrogen-bond acceptors (Lipinski definition) is 3. The van der Waals surface area contributed by atoms with E-state index in [2.05, 4.69) is 10.6 Å². The van der Waals surface area contributed by atoms with Crippen LogP contribution in [0.1, 0.15) is 26.7 Å². The molecule has 1 saturated heterocycles. The second-order valence-corrected chi connectivity index (χ2v) is 4.28. The van der Waals surface area contributed by atoms with Gasteiger partial charge in [-0.05, 0) is 19.8 Å². The van der Waals surface area contributed by atoms with Crippen molar-refractivity contribution in [3.8, 4) is 0 Å². The van der Waals surface area contributed by atoms with Gasteiger partial charge in [-0.3, -0.25) is 0 Å². The molecule has 0 spiro atoms. The molecule has 3 atom stereocenters. The molecule has 1 aliphatic rings. The molecule has 6 heteroatoms. The largest absolute Gasteiger partial charge is 0.480 e. The molecule has 1 fully saturated rings. The highest BCUT2D eigenvalue weighted by Gasteiger charge is 2.25. The molecule has 3 unspecified atom stereocenters. The first-order valence-corrected chi connectivity index (χ1v) is 5.93. The predicted molar refractivity (Wildman–Crippen MR) is 61.8 cm³/mol. The fourth-order valence-corrected chi connectivity index (χ4v) is 1.82.